The van der Waals surface area contributed by atoms with Crippen molar-refractivity contribution in [3.05, 3.63) is 63.2 Å². The van der Waals surface area contributed by atoms with Gasteiger partial charge >= 0.3 is 5.97 Å². The van der Waals surface area contributed by atoms with Crippen LogP contribution in [-0.2, 0) is 0 Å². The summed E-state index contributed by atoms with van der Waals surface area (Å²) in [5.41, 5.74) is -0.412. The van der Waals surface area contributed by atoms with Crippen molar-refractivity contribution in [2.45, 2.75) is 0 Å². The van der Waals surface area contributed by atoms with Crippen LogP contribution in [0.2, 0.25) is 5.02 Å². The molecule has 0 saturated carbocycles. The van der Waals surface area contributed by atoms with Gasteiger partial charge in [-0.1, -0.05) is 11.6 Å². The molecule has 0 aromatic heterocycles. The number of rotatable bonds is 4. The highest BCUT2D eigenvalue weighted by atomic mass is 35.5. The van der Waals surface area contributed by atoms with Gasteiger partial charge in [-0.05, 0) is 30.3 Å². The van der Waals surface area contributed by atoms with E-state index < -0.39 is 10.9 Å². The molecule has 0 bridgehead atoms. The number of non-ortho nitro benzene ring substituents is 1. The normalized spacial score (nSPS) is 10.1. The Morgan fingerprint density at radius 2 is 1.85 bits per heavy atom. The number of ether oxygens (including phenoxy) is 1. The van der Waals surface area contributed by atoms with E-state index in [1.165, 1.54) is 12.1 Å². The first-order valence-electron chi connectivity index (χ1n) is 5.42. The number of halogens is 1. The van der Waals surface area contributed by atoms with Crippen molar-refractivity contribution < 1.29 is 19.6 Å². The van der Waals surface area contributed by atoms with E-state index in [1.54, 1.807) is 12.1 Å². The van der Waals surface area contributed by atoms with E-state index in [0.29, 0.717) is 10.8 Å². The Balaban J connectivity index is 2.41. The second-order valence-corrected chi connectivity index (χ2v) is 4.24. The highest BCUT2D eigenvalue weighted by Crippen LogP contribution is 2.30. The number of nitro benzene ring substituents is 1. The summed E-state index contributed by atoms with van der Waals surface area (Å²) in [6.07, 6.45) is 0. The van der Waals surface area contributed by atoms with Crippen LogP contribution in [0.25, 0.3) is 0 Å². The van der Waals surface area contributed by atoms with Gasteiger partial charge in [0.15, 0.2) is 0 Å². The average molecular weight is 294 g/mol. The van der Waals surface area contributed by atoms with Gasteiger partial charge in [0.1, 0.15) is 17.1 Å². The Labute approximate surface area is 118 Å². The van der Waals surface area contributed by atoms with Gasteiger partial charge in [0.2, 0.25) is 0 Å². The lowest BCUT2D eigenvalue weighted by molar-refractivity contribution is -0.384. The number of nitro groups is 1. The van der Waals surface area contributed by atoms with Gasteiger partial charge in [-0.15, -0.1) is 0 Å². The van der Waals surface area contributed by atoms with Crippen molar-refractivity contribution in [2.75, 3.05) is 0 Å². The van der Waals surface area contributed by atoms with Crippen LogP contribution in [0.5, 0.6) is 11.5 Å². The smallest absolute Gasteiger partial charge is 0.339 e. The molecule has 2 aromatic rings. The molecule has 0 heterocycles. The SMILES string of the molecule is O=C(O)c1ccc([N+](=O)[O-])cc1Oc1ccc(Cl)cc1. The maximum Gasteiger partial charge on any atom is 0.339 e. The quantitative estimate of drug-likeness (QED) is 0.685. The first kappa shape index (κ1) is 13.8. The molecule has 7 heteroatoms. The second kappa shape index (κ2) is 5.58. The monoisotopic (exact) mass is 293 g/mol. The number of hydrogen-bond donors (Lipinski definition) is 1. The summed E-state index contributed by atoms with van der Waals surface area (Å²) < 4.78 is 5.37. The first-order valence-corrected chi connectivity index (χ1v) is 5.80. The fraction of sp³-hybridized carbons (Fsp3) is 0. The molecule has 0 spiro atoms. The number of nitrogens with zero attached hydrogens (tertiary/aromatic N) is 1. The lowest BCUT2D eigenvalue weighted by Gasteiger charge is -2.08. The van der Waals surface area contributed by atoms with Crippen LogP contribution in [0.3, 0.4) is 0 Å². The molecule has 2 rings (SSSR count). The minimum Gasteiger partial charge on any atom is -0.478 e. The predicted octanol–water partition coefficient (Wildman–Crippen LogP) is 3.74. The van der Waals surface area contributed by atoms with E-state index in [1.807, 2.05) is 0 Å². The maximum absolute atomic E-state index is 11.1. The lowest BCUT2D eigenvalue weighted by Crippen LogP contribution is -2.01. The predicted molar refractivity (Wildman–Crippen MR) is 71.6 cm³/mol. The Hall–Kier alpha value is -2.60. The zero-order chi connectivity index (χ0) is 14.7. The van der Waals surface area contributed by atoms with E-state index >= 15 is 0 Å². The summed E-state index contributed by atoms with van der Waals surface area (Å²) >= 11 is 5.72. The number of carboxylic acid groups (broad SMARTS) is 1. The van der Waals surface area contributed by atoms with Gasteiger partial charge < -0.3 is 9.84 Å². The largest absolute Gasteiger partial charge is 0.478 e. The summed E-state index contributed by atoms with van der Waals surface area (Å²) in [6.45, 7) is 0. The van der Waals surface area contributed by atoms with Crippen LogP contribution in [0.15, 0.2) is 42.5 Å². The van der Waals surface area contributed by atoms with Crippen LogP contribution in [0, 0.1) is 10.1 Å². The van der Waals surface area contributed by atoms with Crippen molar-refractivity contribution in [3.63, 3.8) is 0 Å². The minimum atomic E-state index is -1.23. The van der Waals surface area contributed by atoms with Crippen LogP contribution in [-0.4, -0.2) is 16.0 Å². The van der Waals surface area contributed by atoms with Crippen LogP contribution >= 0.6 is 11.6 Å². The number of benzene rings is 2. The van der Waals surface area contributed by atoms with E-state index in [9.17, 15) is 14.9 Å². The number of carbonyl (C=O) groups is 1. The second-order valence-electron chi connectivity index (χ2n) is 3.80. The zero-order valence-corrected chi connectivity index (χ0v) is 10.7. The minimum absolute atomic E-state index is 0.103. The number of hydrogen-bond acceptors (Lipinski definition) is 4. The van der Waals surface area contributed by atoms with Crippen molar-refractivity contribution >= 4 is 23.3 Å². The maximum atomic E-state index is 11.1. The fourth-order valence-electron chi connectivity index (χ4n) is 1.52. The van der Waals surface area contributed by atoms with Crippen LogP contribution in [0.1, 0.15) is 10.4 Å². The molecule has 0 aliphatic heterocycles. The third-order valence-corrected chi connectivity index (χ3v) is 2.70. The molecule has 0 aliphatic carbocycles. The van der Waals surface area contributed by atoms with Crippen molar-refractivity contribution in [1.29, 1.82) is 0 Å². The summed E-state index contributed by atoms with van der Waals surface area (Å²) in [5.74, 6) is -1.00. The number of carboxylic acids is 1. The van der Waals surface area contributed by atoms with E-state index in [0.717, 1.165) is 18.2 Å². The van der Waals surface area contributed by atoms with E-state index in [4.69, 9.17) is 21.4 Å². The van der Waals surface area contributed by atoms with Gasteiger partial charge in [-0.2, -0.15) is 0 Å². The fourth-order valence-corrected chi connectivity index (χ4v) is 1.64. The van der Waals surface area contributed by atoms with Crippen LogP contribution < -0.4 is 4.74 Å². The van der Waals surface area contributed by atoms with Gasteiger partial charge in [0.25, 0.3) is 5.69 Å². The molecule has 0 aliphatic rings. The van der Waals surface area contributed by atoms with Crippen molar-refractivity contribution in [2.24, 2.45) is 0 Å². The summed E-state index contributed by atoms with van der Waals surface area (Å²) in [7, 11) is 0. The molecule has 0 unspecified atom stereocenters. The Morgan fingerprint density at radius 3 is 2.40 bits per heavy atom. The molecule has 2 aromatic carbocycles. The molecule has 0 saturated heterocycles. The molecule has 1 N–H and O–H groups in total. The molecular formula is C13H8ClNO5. The summed E-state index contributed by atoms with van der Waals surface area (Å²) in [6, 6.07) is 9.50. The van der Waals surface area contributed by atoms with Gasteiger partial charge in [0.05, 0.1) is 11.0 Å². The third kappa shape index (κ3) is 3.04. The highest BCUT2D eigenvalue weighted by Gasteiger charge is 2.17. The lowest BCUT2D eigenvalue weighted by atomic mass is 10.2. The van der Waals surface area contributed by atoms with Crippen LogP contribution in [0.4, 0.5) is 5.69 Å². The highest BCUT2D eigenvalue weighted by molar-refractivity contribution is 6.30. The molecule has 102 valence electrons. The van der Waals surface area contributed by atoms with Crippen molar-refractivity contribution in [1.82, 2.24) is 0 Å². The summed E-state index contributed by atoms with van der Waals surface area (Å²) in [5, 5.41) is 20.3. The van der Waals surface area contributed by atoms with E-state index in [-0.39, 0.29) is 17.0 Å². The summed E-state index contributed by atoms with van der Waals surface area (Å²) in [4.78, 5) is 21.2. The molecule has 0 fully saturated rings. The standard InChI is InChI=1S/C13H8ClNO5/c14-8-1-4-10(5-2-8)20-12-7-9(15(18)19)3-6-11(12)13(16)17/h1-7H,(H,16,17). The van der Waals surface area contributed by atoms with Gasteiger partial charge in [0, 0.05) is 11.1 Å². The molecule has 0 amide bonds. The Kier molecular flexibility index (Phi) is 3.86. The van der Waals surface area contributed by atoms with Gasteiger partial charge in [-0.25, -0.2) is 4.79 Å². The first-order chi connectivity index (χ1) is 9.47. The molecule has 0 atom stereocenters. The van der Waals surface area contributed by atoms with Crippen molar-refractivity contribution in [3.8, 4) is 11.5 Å². The average Bonchev–Trinajstić information content (AvgIpc) is 2.41. The Bertz CT molecular complexity index is 669. The Morgan fingerprint density at radius 1 is 1.20 bits per heavy atom. The third-order valence-electron chi connectivity index (χ3n) is 2.45. The molecule has 6 nitrogen and oxygen atoms in total. The molecule has 20 heavy (non-hydrogen) atoms. The number of aromatic carboxylic acids is 1. The van der Waals surface area contributed by atoms with Gasteiger partial charge in [-0.3, -0.25) is 10.1 Å². The zero-order valence-electron chi connectivity index (χ0n) is 9.95. The van der Waals surface area contributed by atoms with E-state index in [2.05, 4.69) is 0 Å². The topological polar surface area (TPSA) is 89.7 Å². The molecular weight excluding hydrogens is 286 g/mol. The molecule has 0 radical (unpaired) electrons.